The SMILES string of the molecule is Cc1ccc2c(c1)c1c(n2CCc2ccc(C)nc2)C2CCC1C(C)N2. The molecule has 3 aliphatic rings. The topological polar surface area (TPSA) is 29.9 Å². The molecule has 6 rings (SSSR count). The standard InChI is InChI=1S/C23H27N3/c1-14-4-9-21-19(12-14)22-18-7-8-20(25-16(18)3)23(22)26(21)11-10-17-6-5-15(2)24-13-17/h4-6,9,12-13,16,18,20,25H,7-8,10-11H2,1-3H3. The van der Waals surface area contributed by atoms with Gasteiger partial charge in [0.25, 0.3) is 0 Å². The van der Waals surface area contributed by atoms with Crippen LogP contribution in [0.1, 0.15) is 59.8 Å². The van der Waals surface area contributed by atoms with Crippen LogP contribution in [0.15, 0.2) is 36.5 Å². The highest BCUT2D eigenvalue weighted by Gasteiger charge is 2.41. The van der Waals surface area contributed by atoms with Gasteiger partial charge in [0.2, 0.25) is 0 Å². The van der Waals surface area contributed by atoms with Crippen LogP contribution in [-0.2, 0) is 13.0 Å². The zero-order chi connectivity index (χ0) is 17.8. The summed E-state index contributed by atoms with van der Waals surface area (Å²) < 4.78 is 2.60. The lowest BCUT2D eigenvalue weighted by Crippen LogP contribution is -2.45. The Balaban J connectivity index is 1.61. The highest BCUT2D eigenvalue weighted by atomic mass is 15.1. The summed E-state index contributed by atoms with van der Waals surface area (Å²) in [4.78, 5) is 4.47. The molecule has 1 saturated heterocycles. The van der Waals surface area contributed by atoms with Crippen molar-refractivity contribution < 1.29 is 0 Å². The monoisotopic (exact) mass is 345 g/mol. The van der Waals surface area contributed by atoms with Crippen LogP contribution in [0.3, 0.4) is 0 Å². The molecular weight excluding hydrogens is 318 g/mol. The maximum absolute atomic E-state index is 4.47. The molecule has 1 fully saturated rings. The zero-order valence-electron chi connectivity index (χ0n) is 15.9. The van der Waals surface area contributed by atoms with Crippen LogP contribution in [0.5, 0.6) is 0 Å². The Morgan fingerprint density at radius 1 is 1.15 bits per heavy atom. The lowest BCUT2D eigenvalue weighted by Gasteiger charge is -2.43. The predicted molar refractivity (Wildman–Crippen MR) is 107 cm³/mol. The number of nitrogens with one attached hydrogen (secondary N) is 1. The summed E-state index contributed by atoms with van der Waals surface area (Å²) in [5, 5.41) is 5.35. The summed E-state index contributed by atoms with van der Waals surface area (Å²) in [5.41, 5.74) is 8.37. The first-order chi connectivity index (χ1) is 12.6. The Morgan fingerprint density at radius 3 is 2.81 bits per heavy atom. The molecule has 3 nitrogen and oxygen atoms in total. The molecule has 2 bridgehead atoms. The van der Waals surface area contributed by atoms with E-state index in [1.165, 1.54) is 34.9 Å². The van der Waals surface area contributed by atoms with Gasteiger partial charge in [0.15, 0.2) is 0 Å². The number of aromatic nitrogens is 2. The molecule has 1 aromatic carbocycles. The molecule has 2 aliphatic heterocycles. The fourth-order valence-electron chi connectivity index (χ4n) is 5.13. The van der Waals surface area contributed by atoms with Gasteiger partial charge in [-0.3, -0.25) is 4.98 Å². The van der Waals surface area contributed by atoms with Crippen LogP contribution in [0.4, 0.5) is 0 Å². The largest absolute Gasteiger partial charge is 0.342 e. The lowest BCUT2D eigenvalue weighted by atomic mass is 9.74. The van der Waals surface area contributed by atoms with E-state index < -0.39 is 0 Å². The van der Waals surface area contributed by atoms with Crippen molar-refractivity contribution in [2.75, 3.05) is 0 Å². The van der Waals surface area contributed by atoms with Gasteiger partial charge in [0.1, 0.15) is 0 Å². The number of fused-ring (bicyclic) bond motifs is 3. The first kappa shape index (κ1) is 16.1. The van der Waals surface area contributed by atoms with E-state index in [1.807, 2.05) is 13.1 Å². The molecule has 3 atom stereocenters. The van der Waals surface area contributed by atoms with Crippen molar-refractivity contribution >= 4 is 10.9 Å². The Bertz CT molecular complexity index is 967. The van der Waals surface area contributed by atoms with Gasteiger partial charge in [-0.25, -0.2) is 0 Å². The van der Waals surface area contributed by atoms with Gasteiger partial charge in [0.05, 0.1) is 0 Å². The quantitative estimate of drug-likeness (QED) is 0.738. The molecule has 4 heterocycles. The summed E-state index contributed by atoms with van der Waals surface area (Å²) in [6.07, 6.45) is 5.65. The van der Waals surface area contributed by atoms with E-state index in [4.69, 9.17) is 0 Å². The number of nitrogens with zero attached hydrogens (tertiary/aromatic N) is 2. The number of hydrogen-bond acceptors (Lipinski definition) is 2. The number of piperidine rings is 1. The molecule has 0 spiro atoms. The van der Waals surface area contributed by atoms with E-state index in [9.17, 15) is 0 Å². The summed E-state index contributed by atoms with van der Waals surface area (Å²) in [6.45, 7) is 7.64. The fourth-order valence-corrected chi connectivity index (χ4v) is 5.13. The average Bonchev–Trinajstić information content (AvgIpc) is 2.97. The van der Waals surface area contributed by atoms with Crippen molar-refractivity contribution in [3.63, 3.8) is 0 Å². The second kappa shape index (κ2) is 5.95. The molecular formula is C23H27N3. The van der Waals surface area contributed by atoms with Crippen LogP contribution in [0.2, 0.25) is 0 Å². The van der Waals surface area contributed by atoms with Crippen LogP contribution in [-0.4, -0.2) is 15.6 Å². The second-order valence-electron chi connectivity index (χ2n) is 8.22. The van der Waals surface area contributed by atoms with Crippen LogP contribution in [0.25, 0.3) is 10.9 Å². The number of pyridine rings is 1. The summed E-state index contributed by atoms with van der Waals surface area (Å²) in [6, 6.07) is 12.4. The molecule has 0 radical (unpaired) electrons. The molecule has 2 aromatic heterocycles. The maximum atomic E-state index is 4.47. The number of hydrogen-bond donors (Lipinski definition) is 1. The van der Waals surface area contributed by atoms with E-state index in [-0.39, 0.29) is 0 Å². The van der Waals surface area contributed by atoms with Crippen LogP contribution >= 0.6 is 0 Å². The van der Waals surface area contributed by atoms with E-state index >= 15 is 0 Å². The number of aryl methyl sites for hydroxylation is 4. The Labute approximate surface area is 155 Å². The van der Waals surface area contributed by atoms with Crippen LogP contribution in [0, 0.1) is 13.8 Å². The zero-order valence-corrected chi connectivity index (χ0v) is 15.9. The lowest BCUT2D eigenvalue weighted by molar-refractivity contribution is 0.262. The van der Waals surface area contributed by atoms with Gasteiger partial charge >= 0.3 is 0 Å². The normalized spacial score (nSPS) is 24.2. The molecule has 134 valence electrons. The molecule has 1 aliphatic carbocycles. The molecule has 3 unspecified atom stereocenters. The third-order valence-corrected chi connectivity index (χ3v) is 6.43. The smallest absolute Gasteiger partial charge is 0.0486 e. The molecule has 3 heteroatoms. The van der Waals surface area contributed by atoms with Crippen molar-refractivity contribution in [3.8, 4) is 0 Å². The number of rotatable bonds is 3. The van der Waals surface area contributed by atoms with Gasteiger partial charge in [-0.1, -0.05) is 17.7 Å². The second-order valence-corrected chi connectivity index (χ2v) is 8.22. The van der Waals surface area contributed by atoms with Crippen molar-refractivity contribution in [1.82, 2.24) is 14.9 Å². The van der Waals surface area contributed by atoms with E-state index in [0.717, 1.165) is 18.7 Å². The summed E-state index contributed by atoms with van der Waals surface area (Å²) in [5.74, 6) is 0.654. The van der Waals surface area contributed by atoms with Gasteiger partial charge in [-0.05, 0) is 69.4 Å². The molecule has 26 heavy (non-hydrogen) atoms. The van der Waals surface area contributed by atoms with Crippen LogP contribution < -0.4 is 5.32 Å². The van der Waals surface area contributed by atoms with Crippen molar-refractivity contribution in [2.24, 2.45) is 0 Å². The number of benzene rings is 1. The Hall–Kier alpha value is -2.13. The third-order valence-electron chi connectivity index (χ3n) is 6.43. The third kappa shape index (κ3) is 2.41. The van der Waals surface area contributed by atoms with Gasteiger partial charge < -0.3 is 9.88 Å². The Kier molecular flexibility index (Phi) is 3.68. The van der Waals surface area contributed by atoms with Crippen molar-refractivity contribution in [3.05, 3.63) is 64.6 Å². The minimum Gasteiger partial charge on any atom is -0.342 e. The predicted octanol–water partition coefficient (Wildman–Crippen LogP) is 4.81. The van der Waals surface area contributed by atoms with E-state index in [0.29, 0.717) is 18.0 Å². The van der Waals surface area contributed by atoms with Gasteiger partial charge in [-0.15, -0.1) is 0 Å². The Morgan fingerprint density at radius 2 is 2.04 bits per heavy atom. The van der Waals surface area contributed by atoms with Crippen molar-refractivity contribution in [2.45, 2.75) is 64.6 Å². The molecule has 3 aromatic rings. The minimum absolute atomic E-state index is 0.508. The highest BCUT2D eigenvalue weighted by Crippen LogP contribution is 2.49. The fraction of sp³-hybridized carbons (Fsp3) is 0.435. The maximum Gasteiger partial charge on any atom is 0.0486 e. The first-order valence-electron chi connectivity index (χ1n) is 9.92. The molecule has 0 amide bonds. The summed E-state index contributed by atoms with van der Waals surface area (Å²) >= 11 is 0. The minimum atomic E-state index is 0.508. The average molecular weight is 345 g/mol. The van der Waals surface area contributed by atoms with Gasteiger partial charge in [-0.2, -0.15) is 0 Å². The summed E-state index contributed by atoms with van der Waals surface area (Å²) in [7, 11) is 0. The first-order valence-corrected chi connectivity index (χ1v) is 9.92. The van der Waals surface area contributed by atoms with Crippen molar-refractivity contribution in [1.29, 1.82) is 0 Å². The van der Waals surface area contributed by atoms with E-state index in [2.05, 4.69) is 59.0 Å². The van der Waals surface area contributed by atoms with E-state index in [1.54, 1.807) is 11.3 Å². The molecule has 0 saturated carbocycles. The highest BCUT2D eigenvalue weighted by molar-refractivity contribution is 5.88. The molecule has 1 N–H and O–H groups in total. The van der Waals surface area contributed by atoms with Gasteiger partial charge in [0, 0.05) is 53.0 Å².